The van der Waals surface area contributed by atoms with Gasteiger partial charge in [-0.1, -0.05) is 45.8 Å². The van der Waals surface area contributed by atoms with Gasteiger partial charge in [-0.3, -0.25) is 9.59 Å². The Morgan fingerprint density at radius 3 is 2.40 bits per heavy atom. The molecule has 35 heavy (non-hydrogen) atoms. The molecule has 1 heterocycles. The van der Waals surface area contributed by atoms with Gasteiger partial charge < -0.3 is 14.9 Å². The molecule has 2 N–H and O–H groups in total. The van der Waals surface area contributed by atoms with Gasteiger partial charge in [0.15, 0.2) is 5.78 Å². The number of cyclic esters (lactones) is 1. The van der Waals surface area contributed by atoms with Crippen LogP contribution in [0.5, 0.6) is 0 Å². The van der Waals surface area contributed by atoms with E-state index in [4.69, 9.17) is 4.74 Å². The zero-order chi connectivity index (χ0) is 25.7. The summed E-state index contributed by atoms with van der Waals surface area (Å²) in [4.78, 5) is 26.8. The Morgan fingerprint density at radius 1 is 1.06 bits per heavy atom. The van der Waals surface area contributed by atoms with Gasteiger partial charge in [-0.25, -0.2) is 0 Å². The fourth-order valence-electron chi connectivity index (χ4n) is 9.81. The van der Waals surface area contributed by atoms with Crippen LogP contribution in [0.4, 0.5) is 0 Å². The maximum absolute atomic E-state index is 13.8. The van der Waals surface area contributed by atoms with Gasteiger partial charge in [0.25, 0.3) is 0 Å². The SMILES string of the molecule is CC(C)=CC1CC(C2C(O)CC3(C)C4=CC(=O)C5C(C)(C)C(O)CCC5(C)C4CCC23C)C(=O)O1. The summed E-state index contributed by atoms with van der Waals surface area (Å²) in [6.07, 6.45) is 7.26. The van der Waals surface area contributed by atoms with E-state index in [1.54, 1.807) is 0 Å². The average Bonchev–Trinajstić information content (AvgIpc) is 3.17. The zero-order valence-electron chi connectivity index (χ0n) is 22.6. The van der Waals surface area contributed by atoms with E-state index in [9.17, 15) is 19.8 Å². The minimum Gasteiger partial charge on any atom is -0.458 e. The molecule has 0 bridgehead atoms. The fourth-order valence-corrected chi connectivity index (χ4v) is 9.81. The number of hydrogen-bond donors (Lipinski definition) is 2. The molecule has 0 radical (unpaired) electrons. The molecule has 4 aliphatic carbocycles. The number of ketones is 1. The van der Waals surface area contributed by atoms with Gasteiger partial charge in [0.1, 0.15) is 6.10 Å². The molecule has 0 amide bonds. The molecule has 5 aliphatic rings. The van der Waals surface area contributed by atoms with Crippen molar-refractivity contribution in [1.82, 2.24) is 0 Å². The summed E-state index contributed by atoms with van der Waals surface area (Å²) in [5, 5.41) is 22.3. The van der Waals surface area contributed by atoms with Crippen molar-refractivity contribution in [1.29, 1.82) is 0 Å². The van der Waals surface area contributed by atoms with Gasteiger partial charge in [0.05, 0.1) is 18.1 Å². The Bertz CT molecular complexity index is 1000. The summed E-state index contributed by atoms with van der Waals surface area (Å²) in [5.41, 5.74) is 1.03. The largest absolute Gasteiger partial charge is 0.458 e. The van der Waals surface area contributed by atoms with Gasteiger partial charge in [-0.15, -0.1) is 0 Å². The van der Waals surface area contributed by atoms with Crippen molar-refractivity contribution in [2.45, 2.75) is 105 Å². The van der Waals surface area contributed by atoms with Crippen molar-refractivity contribution in [2.24, 2.45) is 45.3 Å². The quantitative estimate of drug-likeness (QED) is 0.426. The first kappa shape index (κ1) is 25.2. The number of carbonyl (C=O) groups is 2. The van der Waals surface area contributed by atoms with Gasteiger partial charge in [-0.05, 0) is 80.3 Å². The van der Waals surface area contributed by atoms with E-state index in [2.05, 4.69) is 34.6 Å². The van der Waals surface area contributed by atoms with Crippen LogP contribution in [0.25, 0.3) is 0 Å². The molecule has 0 aromatic rings. The van der Waals surface area contributed by atoms with Gasteiger partial charge in [-0.2, -0.15) is 0 Å². The third-order valence-corrected chi connectivity index (χ3v) is 11.6. The monoisotopic (exact) mass is 484 g/mol. The lowest BCUT2D eigenvalue weighted by atomic mass is 9.40. The Kier molecular flexibility index (Phi) is 5.60. The summed E-state index contributed by atoms with van der Waals surface area (Å²) >= 11 is 0. The van der Waals surface area contributed by atoms with Crippen molar-refractivity contribution in [3.8, 4) is 0 Å². The molecule has 1 aliphatic heterocycles. The minimum absolute atomic E-state index is 0.134. The first-order chi connectivity index (χ1) is 16.2. The van der Waals surface area contributed by atoms with E-state index < -0.39 is 17.6 Å². The molecule has 0 spiro atoms. The van der Waals surface area contributed by atoms with Crippen LogP contribution in [-0.2, 0) is 14.3 Å². The van der Waals surface area contributed by atoms with Crippen LogP contribution in [0.15, 0.2) is 23.3 Å². The van der Waals surface area contributed by atoms with Crippen LogP contribution < -0.4 is 0 Å². The lowest BCUT2D eigenvalue weighted by molar-refractivity contribution is -0.159. The highest BCUT2D eigenvalue weighted by molar-refractivity contribution is 5.95. The Morgan fingerprint density at radius 2 is 1.74 bits per heavy atom. The molecule has 10 atom stereocenters. The highest BCUT2D eigenvalue weighted by atomic mass is 16.5. The van der Waals surface area contributed by atoms with Crippen molar-refractivity contribution >= 4 is 11.8 Å². The number of carbonyl (C=O) groups excluding carboxylic acids is 2. The van der Waals surface area contributed by atoms with Gasteiger partial charge in [0.2, 0.25) is 0 Å². The normalized spacial score (nSPS) is 50.5. The molecule has 1 saturated heterocycles. The van der Waals surface area contributed by atoms with Crippen molar-refractivity contribution < 1.29 is 24.5 Å². The molecule has 5 rings (SSSR count). The fraction of sp³-hybridized carbons (Fsp3) is 0.800. The number of esters is 1. The number of rotatable bonds is 2. The topological polar surface area (TPSA) is 83.8 Å². The highest BCUT2D eigenvalue weighted by Gasteiger charge is 2.70. The van der Waals surface area contributed by atoms with Crippen molar-refractivity contribution in [2.75, 3.05) is 0 Å². The first-order valence-electron chi connectivity index (χ1n) is 13.6. The predicted octanol–water partition coefficient (Wildman–Crippen LogP) is 5.00. The molecule has 5 nitrogen and oxygen atoms in total. The summed E-state index contributed by atoms with van der Waals surface area (Å²) in [7, 11) is 0. The molecule has 3 saturated carbocycles. The molecule has 4 fully saturated rings. The summed E-state index contributed by atoms with van der Waals surface area (Å²) in [6, 6.07) is 0. The Hall–Kier alpha value is -1.46. The number of ether oxygens (including phenoxy) is 1. The number of aliphatic hydroxyl groups is 2. The van der Waals surface area contributed by atoms with E-state index in [-0.39, 0.29) is 57.8 Å². The van der Waals surface area contributed by atoms with Crippen molar-refractivity contribution in [3.63, 3.8) is 0 Å². The van der Waals surface area contributed by atoms with Crippen LogP contribution >= 0.6 is 0 Å². The molecule has 10 unspecified atom stereocenters. The second kappa shape index (κ2) is 7.77. The predicted molar refractivity (Wildman–Crippen MR) is 134 cm³/mol. The summed E-state index contributed by atoms with van der Waals surface area (Å²) in [5.74, 6) is -0.487. The Balaban J connectivity index is 1.54. The van der Waals surface area contributed by atoms with E-state index >= 15 is 0 Å². The average molecular weight is 485 g/mol. The second-order valence-electron chi connectivity index (χ2n) is 14.0. The maximum atomic E-state index is 13.8. The van der Waals surface area contributed by atoms with Gasteiger partial charge >= 0.3 is 5.97 Å². The molecule has 0 aromatic heterocycles. The van der Waals surface area contributed by atoms with E-state index in [0.29, 0.717) is 12.8 Å². The molecular weight excluding hydrogens is 440 g/mol. The first-order valence-corrected chi connectivity index (χ1v) is 13.6. The highest BCUT2D eigenvalue weighted by Crippen LogP contribution is 2.73. The van der Waals surface area contributed by atoms with Crippen LogP contribution in [0.1, 0.15) is 87.0 Å². The minimum atomic E-state index is -0.599. The summed E-state index contributed by atoms with van der Waals surface area (Å²) in [6.45, 7) is 14.9. The number of fused-ring (bicyclic) bond motifs is 5. The molecular formula is C30H44O5. The Labute approximate surface area is 210 Å². The number of hydrogen-bond acceptors (Lipinski definition) is 5. The van der Waals surface area contributed by atoms with Gasteiger partial charge in [0, 0.05) is 23.7 Å². The molecule has 194 valence electrons. The zero-order valence-corrected chi connectivity index (χ0v) is 22.6. The smallest absolute Gasteiger partial charge is 0.310 e. The van der Waals surface area contributed by atoms with E-state index in [0.717, 1.165) is 31.3 Å². The number of allylic oxidation sites excluding steroid dienone is 3. The number of aliphatic hydroxyl groups excluding tert-OH is 2. The van der Waals surface area contributed by atoms with E-state index in [1.807, 2.05) is 26.0 Å². The maximum Gasteiger partial charge on any atom is 0.310 e. The van der Waals surface area contributed by atoms with Crippen LogP contribution in [0, 0.1) is 45.3 Å². The standard InChI is InChI=1S/C30H44O5/c1-16(2)12-17-13-18(26(34)35-17)24-22(32)15-30(7)20-14-21(31)25-27(3,4)23(33)9-10-28(25,5)19(20)8-11-29(24,30)6/h12,14,17-19,22-25,32-33H,8-11,13,15H2,1-7H3. The summed E-state index contributed by atoms with van der Waals surface area (Å²) < 4.78 is 5.73. The van der Waals surface area contributed by atoms with Crippen LogP contribution in [0.2, 0.25) is 0 Å². The third-order valence-electron chi connectivity index (χ3n) is 11.6. The third kappa shape index (κ3) is 3.26. The lowest BCUT2D eigenvalue weighted by Gasteiger charge is -2.63. The lowest BCUT2D eigenvalue weighted by Crippen LogP contribution is -2.60. The van der Waals surface area contributed by atoms with Crippen LogP contribution in [-0.4, -0.2) is 40.3 Å². The van der Waals surface area contributed by atoms with Crippen LogP contribution in [0.3, 0.4) is 0 Å². The molecule has 5 heteroatoms. The van der Waals surface area contributed by atoms with E-state index in [1.165, 1.54) is 5.57 Å². The van der Waals surface area contributed by atoms with Crippen molar-refractivity contribution in [3.05, 3.63) is 23.3 Å². The second-order valence-corrected chi connectivity index (χ2v) is 14.0. The molecule has 0 aromatic carbocycles.